The number of halogens is 2. The highest BCUT2D eigenvalue weighted by Gasteiger charge is 2.28. The molecule has 7 heteroatoms. The summed E-state index contributed by atoms with van der Waals surface area (Å²) in [6.45, 7) is 0.934. The zero-order valence-electron chi connectivity index (χ0n) is 13.2. The van der Waals surface area contributed by atoms with Crippen LogP contribution in [-0.2, 0) is 15.8 Å². The maximum absolute atomic E-state index is 13.7. The molecule has 2 aromatic rings. The maximum atomic E-state index is 13.7. The van der Waals surface area contributed by atoms with E-state index >= 15 is 0 Å². The third-order valence-electron chi connectivity index (χ3n) is 4.05. The van der Waals surface area contributed by atoms with Crippen LogP contribution in [0, 0.1) is 11.6 Å². The average molecular weight is 352 g/mol. The second-order valence-corrected chi connectivity index (χ2v) is 7.76. The van der Waals surface area contributed by atoms with Crippen LogP contribution in [0.2, 0.25) is 0 Å². The maximum Gasteiger partial charge on any atom is 0.239 e. The summed E-state index contributed by atoms with van der Waals surface area (Å²) in [6, 6.07) is 9.65. The summed E-state index contributed by atoms with van der Waals surface area (Å²) in [7, 11) is -1.91. The van der Waals surface area contributed by atoms with E-state index in [2.05, 4.69) is 0 Å². The molecule has 0 radical (unpaired) electrons. The van der Waals surface area contributed by atoms with Gasteiger partial charge in [0.15, 0.2) is 0 Å². The van der Waals surface area contributed by atoms with E-state index in [1.807, 2.05) is 11.9 Å². The first-order valence-electron chi connectivity index (χ1n) is 7.62. The Hall–Kier alpha value is -2.15. The van der Waals surface area contributed by atoms with Gasteiger partial charge >= 0.3 is 0 Å². The van der Waals surface area contributed by atoms with Gasteiger partial charge in [-0.05, 0) is 36.2 Å². The lowest BCUT2D eigenvalue weighted by Crippen LogP contribution is -2.32. The Morgan fingerprint density at radius 2 is 1.75 bits per heavy atom. The lowest BCUT2D eigenvalue weighted by atomic mass is 10.2. The van der Waals surface area contributed by atoms with E-state index in [4.69, 9.17) is 0 Å². The van der Waals surface area contributed by atoms with E-state index in [1.165, 1.54) is 34.6 Å². The second-order valence-electron chi connectivity index (χ2n) is 5.87. The van der Waals surface area contributed by atoms with Gasteiger partial charge in [0, 0.05) is 26.2 Å². The predicted molar refractivity (Wildman–Crippen MR) is 90.7 cm³/mol. The highest BCUT2D eigenvalue weighted by Crippen LogP contribution is 2.34. The third kappa shape index (κ3) is 3.36. The molecule has 24 heavy (non-hydrogen) atoms. The highest BCUT2D eigenvalue weighted by atomic mass is 32.2. The van der Waals surface area contributed by atoms with Crippen molar-refractivity contribution in [3.05, 3.63) is 59.7 Å². The Balaban J connectivity index is 2.01. The van der Waals surface area contributed by atoms with Crippen LogP contribution in [0.25, 0.3) is 0 Å². The van der Waals surface area contributed by atoms with Crippen molar-refractivity contribution >= 4 is 21.4 Å². The minimum Gasteiger partial charge on any atom is -0.373 e. The topological polar surface area (TPSA) is 40.6 Å². The normalized spacial score (nSPS) is 15.1. The Morgan fingerprint density at radius 1 is 1.00 bits per heavy atom. The molecule has 0 N–H and O–H groups in total. The van der Waals surface area contributed by atoms with Gasteiger partial charge < -0.3 is 4.90 Å². The minimum atomic E-state index is -3.76. The van der Waals surface area contributed by atoms with Crippen molar-refractivity contribution in [3.8, 4) is 0 Å². The lowest BCUT2D eigenvalue weighted by molar-refractivity contribution is 0.588. The van der Waals surface area contributed by atoms with Gasteiger partial charge in [0.1, 0.15) is 11.6 Å². The molecule has 2 aromatic carbocycles. The molecule has 128 valence electrons. The molecular weight excluding hydrogens is 334 g/mol. The Kier molecular flexibility index (Phi) is 4.45. The van der Waals surface area contributed by atoms with E-state index in [1.54, 1.807) is 12.1 Å². The number of hydrogen-bond donors (Lipinski definition) is 0. The molecule has 0 fully saturated rings. The molecule has 1 aliphatic rings. The number of sulfonamides is 1. The van der Waals surface area contributed by atoms with Crippen LogP contribution in [0.3, 0.4) is 0 Å². The largest absolute Gasteiger partial charge is 0.373 e. The highest BCUT2D eigenvalue weighted by molar-refractivity contribution is 7.92. The van der Waals surface area contributed by atoms with Crippen LogP contribution < -0.4 is 9.21 Å². The van der Waals surface area contributed by atoms with Crippen molar-refractivity contribution < 1.29 is 17.2 Å². The Bertz CT molecular complexity index is 855. The fraction of sp³-hybridized carbons (Fsp3) is 0.294. The fourth-order valence-corrected chi connectivity index (χ4v) is 4.53. The quantitative estimate of drug-likeness (QED) is 0.852. The summed E-state index contributed by atoms with van der Waals surface area (Å²) >= 11 is 0. The molecule has 0 unspecified atom stereocenters. The van der Waals surface area contributed by atoms with Crippen molar-refractivity contribution in [3.63, 3.8) is 0 Å². The zero-order chi connectivity index (χ0) is 17.3. The molecule has 3 rings (SSSR count). The van der Waals surface area contributed by atoms with Gasteiger partial charge in [-0.1, -0.05) is 12.1 Å². The van der Waals surface area contributed by atoms with Crippen LogP contribution in [0.1, 0.15) is 12.0 Å². The summed E-state index contributed by atoms with van der Waals surface area (Å²) < 4.78 is 54.0. The van der Waals surface area contributed by atoms with Gasteiger partial charge in [-0.3, -0.25) is 4.31 Å². The number of rotatable bonds is 3. The molecule has 0 saturated heterocycles. The van der Waals surface area contributed by atoms with E-state index in [9.17, 15) is 17.2 Å². The van der Waals surface area contributed by atoms with Crippen molar-refractivity contribution in [1.82, 2.24) is 0 Å². The summed E-state index contributed by atoms with van der Waals surface area (Å²) in [6.07, 6.45) is 0.620. The summed E-state index contributed by atoms with van der Waals surface area (Å²) in [5.41, 5.74) is 1.36. The molecule has 0 atom stereocenters. The van der Waals surface area contributed by atoms with E-state index in [-0.39, 0.29) is 12.3 Å². The van der Waals surface area contributed by atoms with Crippen molar-refractivity contribution in [2.75, 3.05) is 29.3 Å². The average Bonchev–Trinajstić information content (AvgIpc) is 2.66. The van der Waals surface area contributed by atoms with E-state index in [0.29, 0.717) is 29.9 Å². The first-order chi connectivity index (χ1) is 11.4. The van der Waals surface area contributed by atoms with Gasteiger partial charge in [0.25, 0.3) is 0 Å². The predicted octanol–water partition coefficient (Wildman–Crippen LogP) is 3.14. The van der Waals surface area contributed by atoms with E-state index in [0.717, 1.165) is 0 Å². The first-order valence-corrected chi connectivity index (χ1v) is 9.23. The number of hydrogen-bond acceptors (Lipinski definition) is 3. The molecule has 0 aromatic heterocycles. The molecule has 0 bridgehead atoms. The number of benzene rings is 2. The SMILES string of the molecule is CN1CCCN(S(=O)(=O)Cc2cccc(F)c2)c2cc(F)ccc21. The molecule has 0 spiro atoms. The van der Waals surface area contributed by atoms with Gasteiger partial charge in [-0.15, -0.1) is 0 Å². The van der Waals surface area contributed by atoms with Crippen LogP contribution in [0.5, 0.6) is 0 Å². The van der Waals surface area contributed by atoms with Gasteiger partial charge in [0.2, 0.25) is 10.0 Å². The lowest BCUT2D eigenvalue weighted by Gasteiger charge is -2.25. The van der Waals surface area contributed by atoms with E-state index < -0.39 is 21.7 Å². The summed E-state index contributed by atoms with van der Waals surface area (Å²) in [4.78, 5) is 1.91. The zero-order valence-corrected chi connectivity index (χ0v) is 14.1. The number of anilines is 2. The molecule has 1 aliphatic heterocycles. The van der Waals surface area contributed by atoms with Crippen LogP contribution in [0.4, 0.5) is 20.2 Å². The minimum absolute atomic E-state index is 0.262. The van der Waals surface area contributed by atoms with Crippen molar-refractivity contribution in [2.24, 2.45) is 0 Å². The first kappa shape index (κ1) is 16.7. The van der Waals surface area contributed by atoms with Crippen molar-refractivity contribution in [2.45, 2.75) is 12.2 Å². The number of nitrogens with zero attached hydrogens (tertiary/aromatic N) is 2. The molecular formula is C17H18F2N2O2S. The van der Waals surface area contributed by atoms with Gasteiger partial charge in [-0.25, -0.2) is 17.2 Å². The molecule has 0 amide bonds. The van der Waals surface area contributed by atoms with Crippen molar-refractivity contribution in [1.29, 1.82) is 0 Å². The standard InChI is InChI=1S/C17H18F2N2O2S/c1-20-8-3-9-21(17-11-15(19)6-7-16(17)20)24(22,23)12-13-4-2-5-14(18)10-13/h2,4-7,10-11H,3,8-9,12H2,1H3. The summed E-state index contributed by atoms with van der Waals surface area (Å²) in [5.74, 6) is -1.30. The molecule has 0 saturated carbocycles. The number of fused-ring (bicyclic) bond motifs is 1. The second kappa shape index (κ2) is 6.39. The van der Waals surface area contributed by atoms with Crippen LogP contribution >= 0.6 is 0 Å². The molecule has 1 heterocycles. The molecule has 4 nitrogen and oxygen atoms in total. The Morgan fingerprint density at radius 3 is 2.50 bits per heavy atom. The smallest absolute Gasteiger partial charge is 0.239 e. The fourth-order valence-electron chi connectivity index (χ4n) is 2.92. The Labute approximate surface area is 140 Å². The van der Waals surface area contributed by atoms with Gasteiger partial charge in [0.05, 0.1) is 17.1 Å². The summed E-state index contributed by atoms with van der Waals surface area (Å²) in [5, 5.41) is 0. The molecule has 0 aliphatic carbocycles. The van der Waals surface area contributed by atoms with Crippen LogP contribution in [-0.4, -0.2) is 28.6 Å². The van der Waals surface area contributed by atoms with Crippen LogP contribution in [0.15, 0.2) is 42.5 Å². The van der Waals surface area contributed by atoms with Gasteiger partial charge in [-0.2, -0.15) is 0 Å². The monoisotopic (exact) mass is 352 g/mol. The third-order valence-corrected chi connectivity index (χ3v) is 5.79.